The highest BCUT2D eigenvalue weighted by atomic mass is 35.5. The van der Waals surface area contributed by atoms with Gasteiger partial charge >= 0.3 is 0 Å². The van der Waals surface area contributed by atoms with Crippen molar-refractivity contribution >= 4 is 34.0 Å². The molecule has 136 valence electrons. The smallest absolute Gasteiger partial charge is 0.226 e. The molecule has 9 heteroatoms. The summed E-state index contributed by atoms with van der Waals surface area (Å²) < 4.78 is 5.23. The van der Waals surface area contributed by atoms with Crippen molar-refractivity contribution < 1.29 is 9.32 Å². The maximum atomic E-state index is 12.0. The van der Waals surface area contributed by atoms with Gasteiger partial charge in [-0.3, -0.25) is 4.79 Å². The number of anilines is 1. The molecule has 0 atom stereocenters. The Labute approximate surface area is 159 Å². The fourth-order valence-electron chi connectivity index (χ4n) is 2.31. The van der Waals surface area contributed by atoms with Crippen LogP contribution in [-0.4, -0.2) is 26.2 Å². The van der Waals surface area contributed by atoms with Crippen molar-refractivity contribution in [2.75, 3.05) is 5.32 Å². The molecule has 0 fully saturated rings. The Kier molecular flexibility index (Phi) is 6.30. The summed E-state index contributed by atoms with van der Waals surface area (Å²) >= 11 is 7.54. The van der Waals surface area contributed by atoms with E-state index in [4.69, 9.17) is 16.1 Å². The van der Waals surface area contributed by atoms with Crippen LogP contribution in [-0.2, 0) is 17.6 Å². The van der Waals surface area contributed by atoms with E-state index in [1.807, 2.05) is 18.2 Å². The zero-order valence-corrected chi connectivity index (χ0v) is 15.8. The van der Waals surface area contributed by atoms with Gasteiger partial charge in [-0.2, -0.15) is 4.98 Å². The number of nitrogens with one attached hydrogen (secondary N) is 1. The second kappa shape index (κ2) is 8.86. The molecule has 0 unspecified atom stereocenters. The van der Waals surface area contributed by atoms with Crippen molar-refractivity contribution in [3.63, 3.8) is 0 Å². The van der Waals surface area contributed by atoms with Crippen LogP contribution in [0.2, 0.25) is 5.02 Å². The molecule has 3 aromatic rings. The van der Waals surface area contributed by atoms with Gasteiger partial charge in [0.15, 0.2) is 0 Å². The van der Waals surface area contributed by atoms with Crippen LogP contribution in [0.1, 0.15) is 37.1 Å². The van der Waals surface area contributed by atoms with Crippen molar-refractivity contribution in [1.82, 2.24) is 20.3 Å². The lowest BCUT2D eigenvalue weighted by molar-refractivity contribution is -0.116. The van der Waals surface area contributed by atoms with E-state index in [2.05, 4.69) is 32.6 Å². The molecule has 3 rings (SSSR count). The molecule has 0 spiro atoms. The highest BCUT2D eigenvalue weighted by Crippen LogP contribution is 2.25. The molecule has 0 bridgehead atoms. The number of rotatable bonds is 8. The predicted molar refractivity (Wildman–Crippen MR) is 100 cm³/mol. The average Bonchev–Trinajstić information content (AvgIpc) is 3.25. The van der Waals surface area contributed by atoms with E-state index in [0.717, 1.165) is 23.4 Å². The molecule has 7 nitrogen and oxygen atoms in total. The summed E-state index contributed by atoms with van der Waals surface area (Å²) in [5, 5.41) is 16.8. The van der Waals surface area contributed by atoms with Crippen LogP contribution < -0.4 is 5.32 Å². The molecule has 0 saturated heterocycles. The van der Waals surface area contributed by atoms with E-state index < -0.39 is 0 Å². The summed E-state index contributed by atoms with van der Waals surface area (Å²) in [6.45, 7) is 2.08. The van der Waals surface area contributed by atoms with Crippen molar-refractivity contribution in [2.45, 2.75) is 39.0 Å². The van der Waals surface area contributed by atoms with Gasteiger partial charge in [-0.15, -0.1) is 10.2 Å². The summed E-state index contributed by atoms with van der Waals surface area (Å²) in [6.07, 6.45) is 3.33. The minimum Gasteiger partial charge on any atom is -0.339 e. The number of benzene rings is 1. The zero-order valence-electron chi connectivity index (χ0n) is 14.2. The van der Waals surface area contributed by atoms with Crippen LogP contribution in [0.3, 0.4) is 0 Å². The molecule has 0 saturated carbocycles. The summed E-state index contributed by atoms with van der Waals surface area (Å²) in [6, 6.07) is 7.31. The molecule has 26 heavy (non-hydrogen) atoms. The molecule has 1 N–H and O–H groups in total. The van der Waals surface area contributed by atoms with Crippen molar-refractivity contribution in [3.05, 3.63) is 40.2 Å². The summed E-state index contributed by atoms with van der Waals surface area (Å²) in [5.41, 5.74) is 0.723. The molecule has 1 amide bonds. The summed E-state index contributed by atoms with van der Waals surface area (Å²) in [4.78, 5) is 16.3. The SMILES string of the molecule is CCCc1nnc(NC(=O)CCCc2nc(-c3ccccc3Cl)no2)s1. The maximum Gasteiger partial charge on any atom is 0.226 e. The number of hydrogen-bond acceptors (Lipinski definition) is 7. The van der Waals surface area contributed by atoms with Crippen LogP contribution in [0.4, 0.5) is 5.13 Å². The maximum absolute atomic E-state index is 12.0. The molecule has 2 aromatic heterocycles. The third kappa shape index (κ3) is 4.86. The molecule has 2 heterocycles. The number of carbonyl (C=O) groups is 1. The third-order valence-electron chi connectivity index (χ3n) is 3.55. The van der Waals surface area contributed by atoms with E-state index >= 15 is 0 Å². The van der Waals surface area contributed by atoms with Gasteiger partial charge in [-0.1, -0.05) is 47.2 Å². The lowest BCUT2D eigenvalue weighted by Crippen LogP contribution is -2.11. The number of carbonyl (C=O) groups excluding carboxylic acids is 1. The highest BCUT2D eigenvalue weighted by Gasteiger charge is 2.12. The number of halogens is 1. The molecule has 0 radical (unpaired) electrons. The molecule has 0 aliphatic heterocycles. The second-order valence-electron chi connectivity index (χ2n) is 5.64. The van der Waals surface area contributed by atoms with Gasteiger partial charge in [0, 0.05) is 24.8 Å². The van der Waals surface area contributed by atoms with Crippen molar-refractivity contribution in [1.29, 1.82) is 0 Å². The van der Waals surface area contributed by atoms with Gasteiger partial charge in [0.25, 0.3) is 0 Å². The Morgan fingerprint density at radius 2 is 2.12 bits per heavy atom. The average molecular weight is 392 g/mol. The summed E-state index contributed by atoms with van der Waals surface area (Å²) in [5.74, 6) is 0.830. The standard InChI is InChI=1S/C17H18ClN5O2S/c1-2-6-15-21-22-17(26-15)19-13(24)9-5-10-14-20-16(23-25-14)11-7-3-4-8-12(11)18/h3-4,7-8H,2,5-6,9-10H2,1H3,(H,19,22,24). The van der Waals surface area contributed by atoms with E-state index in [1.165, 1.54) is 11.3 Å². The van der Waals surface area contributed by atoms with Gasteiger partial charge in [0.1, 0.15) is 5.01 Å². The monoisotopic (exact) mass is 391 g/mol. The van der Waals surface area contributed by atoms with Gasteiger partial charge in [0.2, 0.25) is 22.8 Å². The van der Waals surface area contributed by atoms with Crippen LogP contribution in [0.15, 0.2) is 28.8 Å². The number of amides is 1. The topological polar surface area (TPSA) is 93.8 Å². The van der Waals surface area contributed by atoms with Crippen LogP contribution in [0.25, 0.3) is 11.4 Å². The van der Waals surface area contributed by atoms with E-state index in [1.54, 1.807) is 6.07 Å². The first-order valence-corrected chi connectivity index (χ1v) is 9.55. The first-order chi connectivity index (χ1) is 12.7. The fourth-order valence-corrected chi connectivity index (χ4v) is 3.39. The first-order valence-electron chi connectivity index (χ1n) is 8.35. The van der Waals surface area contributed by atoms with Crippen LogP contribution in [0.5, 0.6) is 0 Å². The first kappa shape index (κ1) is 18.5. The number of nitrogens with zero attached hydrogens (tertiary/aromatic N) is 4. The molecule has 1 aromatic carbocycles. The number of hydrogen-bond donors (Lipinski definition) is 1. The number of aryl methyl sites for hydroxylation is 2. The lowest BCUT2D eigenvalue weighted by Gasteiger charge is -1.99. The summed E-state index contributed by atoms with van der Waals surface area (Å²) in [7, 11) is 0. The van der Waals surface area contributed by atoms with Crippen LogP contribution in [0, 0.1) is 0 Å². The number of aromatic nitrogens is 4. The Hall–Kier alpha value is -2.32. The molecular weight excluding hydrogens is 374 g/mol. The normalized spacial score (nSPS) is 10.8. The molecule has 0 aliphatic carbocycles. The Morgan fingerprint density at radius 1 is 1.27 bits per heavy atom. The Morgan fingerprint density at radius 3 is 2.92 bits per heavy atom. The molecule has 0 aliphatic rings. The lowest BCUT2D eigenvalue weighted by atomic mass is 10.2. The van der Waals surface area contributed by atoms with Crippen molar-refractivity contribution in [2.24, 2.45) is 0 Å². The van der Waals surface area contributed by atoms with Gasteiger partial charge in [-0.25, -0.2) is 0 Å². The predicted octanol–water partition coefficient (Wildman–Crippen LogP) is 4.16. The largest absolute Gasteiger partial charge is 0.339 e. The van der Waals surface area contributed by atoms with Gasteiger partial charge < -0.3 is 9.84 Å². The van der Waals surface area contributed by atoms with Gasteiger partial charge in [-0.05, 0) is 25.0 Å². The zero-order chi connectivity index (χ0) is 18.4. The molecular formula is C17H18ClN5O2S. The minimum atomic E-state index is -0.102. The van der Waals surface area contributed by atoms with Crippen LogP contribution >= 0.6 is 22.9 Å². The van der Waals surface area contributed by atoms with E-state index in [9.17, 15) is 4.79 Å². The van der Waals surface area contributed by atoms with Gasteiger partial charge in [0.05, 0.1) is 5.02 Å². The Bertz CT molecular complexity index is 879. The van der Waals surface area contributed by atoms with E-state index in [0.29, 0.717) is 41.1 Å². The van der Waals surface area contributed by atoms with Crippen molar-refractivity contribution in [3.8, 4) is 11.4 Å². The minimum absolute atomic E-state index is 0.102. The highest BCUT2D eigenvalue weighted by molar-refractivity contribution is 7.15. The third-order valence-corrected chi connectivity index (χ3v) is 4.78. The quantitative estimate of drug-likeness (QED) is 0.619. The van der Waals surface area contributed by atoms with E-state index in [-0.39, 0.29) is 5.91 Å². The Balaban J connectivity index is 1.47. The fraction of sp³-hybridized carbons (Fsp3) is 0.353. The second-order valence-corrected chi connectivity index (χ2v) is 7.11.